The molecule has 0 atom stereocenters. The number of aliphatic imine (C=N–C) groups is 1. The summed E-state index contributed by atoms with van der Waals surface area (Å²) in [6.07, 6.45) is 3.00. The van der Waals surface area contributed by atoms with Crippen LogP contribution in [-0.4, -0.2) is 96.1 Å². The lowest BCUT2D eigenvalue weighted by Crippen LogP contribution is -2.22. The second-order valence-corrected chi connectivity index (χ2v) is 15.8. The number of Topliss-reactive ketones (excluding diaryl/α,β-unsaturated/α-hetero) is 1. The summed E-state index contributed by atoms with van der Waals surface area (Å²) in [6.45, 7) is 8.08. The Morgan fingerprint density at radius 2 is 1.17 bits per heavy atom. The molecule has 0 bridgehead atoms. The molecule has 1 aromatic heterocycles. The number of halogens is 10. The fraction of sp³-hybridized carbons (Fsp3) is 0.218. The van der Waals surface area contributed by atoms with Gasteiger partial charge in [0.15, 0.2) is 63.9 Å². The first-order chi connectivity index (χ1) is 37.8. The summed E-state index contributed by atoms with van der Waals surface area (Å²) in [5.41, 5.74) is -4.05. The van der Waals surface area contributed by atoms with Gasteiger partial charge < -0.3 is 43.4 Å². The number of phenolic OH excluding ortho intramolecular Hbond substituents is 1. The minimum Gasteiger partial charge on any atom is -0.506 e. The number of ketones is 1. The van der Waals surface area contributed by atoms with E-state index in [1.807, 2.05) is 0 Å². The van der Waals surface area contributed by atoms with Crippen molar-refractivity contribution in [3.8, 4) is 22.9 Å². The van der Waals surface area contributed by atoms with Crippen LogP contribution in [-0.2, 0) is 33.3 Å². The van der Waals surface area contributed by atoms with Gasteiger partial charge in [-0.2, -0.15) is 4.39 Å². The molecule has 0 spiro atoms. The van der Waals surface area contributed by atoms with Gasteiger partial charge in [0, 0.05) is 39.6 Å². The Kier molecular flexibility index (Phi) is 23.9. The van der Waals surface area contributed by atoms with E-state index < -0.39 is 115 Å². The Hall–Kier alpha value is -9.49. The summed E-state index contributed by atoms with van der Waals surface area (Å²) < 4.78 is 161. The van der Waals surface area contributed by atoms with Crippen LogP contribution in [0.4, 0.5) is 49.6 Å². The first-order valence-electron chi connectivity index (χ1n) is 23.1. The number of hydrogen-bond donors (Lipinski definition) is 2. The van der Waals surface area contributed by atoms with E-state index in [2.05, 4.69) is 14.5 Å². The maximum Gasteiger partial charge on any atom is 0.343 e. The van der Waals surface area contributed by atoms with Gasteiger partial charge in [-0.3, -0.25) is 19.4 Å². The molecule has 0 radical (unpaired) electrons. The molecule has 2 N–H and O–H groups in total. The predicted molar refractivity (Wildman–Crippen MR) is 272 cm³/mol. The van der Waals surface area contributed by atoms with E-state index in [1.54, 1.807) is 38.1 Å². The monoisotopic (exact) mass is 1150 g/mol. The Morgan fingerprint density at radius 1 is 0.654 bits per heavy atom. The van der Waals surface area contributed by atoms with Crippen molar-refractivity contribution < 1.29 is 102 Å². The molecule has 0 unspecified atom stereocenters. The first-order valence-corrected chi connectivity index (χ1v) is 23.1. The number of fused-ring (bicyclic) bond motifs is 2. The Labute approximate surface area is 454 Å². The number of para-hydroxylation sites is 4. The van der Waals surface area contributed by atoms with Gasteiger partial charge in [-0.25, -0.2) is 53.9 Å². The van der Waals surface area contributed by atoms with Crippen LogP contribution in [0.25, 0.3) is 22.3 Å². The molecule has 6 aromatic rings. The fourth-order valence-corrected chi connectivity index (χ4v) is 6.67. The summed E-state index contributed by atoms with van der Waals surface area (Å²) in [6, 6.07) is 13.5. The molecule has 0 saturated carbocycles. The number of esters is 4. The lowest BCUT2D eigenvalue weighted by molar-refractivity contribution is -0.140. The number of rotatable bonds is 13. The van der Waals surface area contributed by atoms with Gasteiger partial charge in [-0.05, 0) is 70.2 Å². The molecule has 432 valence electrons. The number of aromatic hydroxyl groups is 1. The molecule has 81 heavy (non-hydrogen) atoms. The van der Waals surface area contributed by atoms with Crippen LogP contribution in [0.15, 0.2) is 100 Å². The fourth-order valence-electron chi connectivity index (χ4n) is 6.67. The predicted octanol–water partition coefficient (Wildman–Crippen LogP) is 11.4. The molecule has 0 fully saturated rings. The number of carbonyl (C=O) groups excluding carboxylic acids is 5. The van der Waals surface area contributed by atoms with Gasteiger partial charge >= 0.3 is 23.9 Å². The van der Waals surface area contributed by atoms with E-state index in [0.717, 1.165) is 18.5 Å². The number of hydrogen-bond acceptors (Lipinski definition) is 15. The normalized spacial score (nSPS) is 11.3. The van der Waals surface area contributed by atoms with Crippen LogP contribution in [0.1, 0.15) is 68.3 Å². The SMILES string of the molecule is C.CCOC(=O)/C(=C\N(C)C)C(=O)c1cc(F)c(F)c(F)c1F.CCOC(=O)C(C=Nc1ccccc1O)=C(O)c1cc(F)c(F)c(F)c1F.CCOC(=O)c1cn2c3c(c(F)c(F)cc3c1=O)Oc1ccccc1-2.CCOC(C)=O. The van der Waals surface area contributed by atoms with Crippen LogP contribution < -0.4 is 10.2 Å². The molecular formula is C55H49F10N3O13. The Bertz CT molecular complexity index is 3530. The van der Waals surface area contributed by atoms with Crippen LogP contribution in [0, 0.1) is 58.2 Å². The number of nitrogens with zero attached hydrogens (tertiary/aromatic N) is 3. The van der Waals surface area contributed by atoms with E-state index >= 15 is 0 Å². The van der Waals surface area contributed by atoms with E-state index in [4.69, 9.17) is 14.2 Å². The highest BCUT2D eigenvalue weighted by Crippen LogP contribution is 2.42. The highest BCUT2D eigenvalue weighted by atomic mass is 19.2. The summed E-state index contributed by atoms with van der Waals surface area (Å²) in [5, 5.41) is 19.7. The molecule has 0 aliphatic carbocycles. The molecule has 5 aromatic carbocycles. The maximum atomic E-state index is 14.2. The first kappa shape index (κ1) is 65.8. The standard InChI is InChI=1S/C18H13F4NO4.C18H11F2NO4.C14H13F4NO3.C4H8O2.CH4/c1-2-27-18(26)10(8-23-12-5-3-4-6-13(12)24)17(25)9-7-11(19)15(21)16(22)14(9)20;1-2-24-18(23)10-8-21-12-5-3-4-6-13(12)25-17-14(20)11(19)7-9(15(17)21)16(10)22;1-4-22-14(21)8(6-19(2)3)13(20)7-5-9(15)11(17)12(18)10(7)16;1-3-6-4(2)5;/h3-8,24-25H,2H2,1H3;3-8H,2H2,1H3;5-6H,4H2,1-3H3;3H2,1-2H3;1H4/b;;8-6-;;. The summed E-state index contributed by atoms with van der Waals surface area (Å²) in [7, 11) is 2.93. The molecule has 7 rings (SSSR count). The topological polar surface area (TPSA) is 210 Å². The van der Waals surface area contributed by atoms with Gasteiger partial charge in [0.1, 0.15) is 39.4 Å². The zero-order chi connectivity index (χ0) is 59.9. The number of benzene rings is 5. The number of pyridine rings is 1. The Morgan fingerprint density at radius 3 is 1.72 bits per heavy atom. The maximum absolute atomic E-state index is 14.2. The minimum absolute atomic E-state index is 0. The number of aromatic nitrogens is 1. The molecule has 0 amide bonds. The smallest absolute Gasteiger partial charge is 0.343 e. The molecule has 1 aliphatic rings. The summed E-state index contributed by atoms with van der Waals surface area (Å²) in [5.74, 6) is -24.3. The third-order valence-electron chi connectivity index (χ3n) is 10.1. The van der Waals surface area contributed by atoms with Gasteiger partial charge in [-0.15, -0.1) is 0 Å². The Balaban J connectivity index is 0.000000303. The highest BCUT2D eigenvalue weighted by molar-refractivity contribution is 6.24. The molecule has 26 heteroatoms. The van der Waals surface area contributed by atoms with Crippen molar-refractivity contribution in [2.45, 2.75) is 42.0 Å². The molecule has 0 saturated heterocycles. The van der Waals surface area contributed by atoms with E-state index in [9.17, 15) is 82.9 Å². The average Bonchev–Trinajstić information content (AvgIpc) is 3.59. The average molecular weight is 1150 g/mol. The van der Waals surface area contributed by atoms with Crippen molar-refractivity contribution in [3.63, 3.8) is 0 Å². The molecule has 1 aliphatic heterocycles. The number of ether oxygens (including phenoxy) is 5. The summed E-state index contributed by atoms with van der Waals surface area (Å²) >= 11 is 0. The van der Waals surface area contributed by atoms with Crippen molar-refractivity contribution in [2.75, 3.05) is 40.5 Å². The van der Waals surface area contributed by atoms with Gasteiger partial charge in [-0.1, -0.05) is 31.7 Å². The number of aliphatic hydroxyl groups is 1. The van der Waals surface area contributed by atoms with Crippen molar-refractivity contribution in [1.82, 2.24) is 9.47 Å². The largest absolute Gasteiger partial charge is 0.506 e. The van der Waals surface area contributed by atoms with Crippen LogP contribution in [0.3, 0.4) is 0 Å². The zero-order valence-corrected chi connectivity index (χ0v) is 42.9. The number of aliphatic hydroxyl groups excluding tert-OH is 1. The minimum atomic E-state index is -2.16. The van der Waals surface area contributed by atoms with Crippen LogP contribution in [0.5, 0.6) is 17.2 Å². The van der Waals surface area contributed by atoms with Gasteiger partial charge in [0.05, 0.1) is 48.6 Å². The van der Waals surface area contributed by atoms with Crippen molar-refractivity contribution in [2.24, 2.45) is 4.99 Å². The lowest BCUT2D eigenvalue weighted by Gasteiger charge is -2.24. The third kappa shape index (κ3) is 15.6. The second kappa shape index (κ2) is 29.5. The quantitative estimate of drug-likeness (QED) is 0.00941. The van der Waals surface area contributed by atoms with Crippen molar-refractivity contribution in [1.29, 1.82) is 0 Å². The molecular weight excluding hydrogens is 1100 g/mol. The van der Waals surface area contributed by atoms with Gasteiger partial charge in [0.2, 0.25) is 17.0 Å². The van der Waals surface area contributed by atoms with Crippen molar-refractivity contribution in [3.05, 3.63) is 175 Å². The lowest BCUT2D eigenvalue weighted by atomic mass is 10.0. The second-order valence-electron chi connectivity index (χ2n) is 15.8. The van der Waals surface area contributed by atoms with E-state index in [1.165, 1.54) is 74.8 Å². The summed E-state index contributed by atoms with van der Waals surface area (Å²) in [4.78, 5) is 75.5. The molecule has 16 nitrogen and oxygen atoms in total. The highest BCUT2D eigenvalue weighted by Gasteiger charge is 2.31. The van der Waals surface area contributed by atoms with E-state index in [-0.39, 0.29) is 84.8 Å². The van der Waals surface area contributed by atoms with Crippen molar-refractivity contribution >= 4 is 58.2 Å². The zero-order valence-electron chi connectivity index (χ0n) is 42.9. The number of phenols is 1. The molecule has 2 heterocycles. The van der Waals surface area contributed by atoms with E-state index in [0.29, 0.717) is 12.3 Å². The third-order valence-corrected chi connectivity index (χ3v) is 10.1. The van der Waals surface area contributed by atoms with Crippen LogP contribution in [0.2, 0.25) is 0 Å². The van der Waals surface area contributed by atoms with Crippen LogP contribution >= 0.6 is 0 Å². The number of carbonyl (C=O) groups is 5. The van der Waals surface area contributed by atoms with Gasteiger partial charge in [0.25, 0.3) is 0 Å².